The molecule has 1 atom stereocenters. The molecule has 0 fully saturated rings. The first-order valence-electron chi connectivity index (χ1n) is 11.0. The van der Waals surface area contributed by atoms with Crippen LogP contribution in [0.3, 0.4) is 0 Å². The lowest BCUT2D eigenvalue weighted by molar-refractivity contribution is -0.162. The third-order valence-corrected chi connectivity index (χ3v) is 5.48. The quantitative estimate of drug-likeness (QED) is 0.369. The van der Waals surface area contributed by atoms with Crippen molar-refractivity contribution in [1.82, 2.24) is 0 Å². The molecule has 0 amide bonds. The van der Waals surface area contributed by atoms with Crippen LogP contribution in [-0.2, 0) is 14.3 Å². The molecule has 0 heterocycles. The maximum Gasteiger partial charge on any atom is 0.311 e. The van der Waals surface area contributed by atoms with Crippen LogP contribution in [-0.4, -0.2) is 18.2 Å². The summed E-state index contributed by atoms with van der Waals surface area (Å²) < 4.78 is 12.3. The molecule has 0 aromatic heterocycles. The molecule has 3 aromatic rings. The fourth-order valence-electron chi connectivity index (χ4n) is 3.82. The van der Waals surface area contributed by atoms with Crippen LogP contribution in [0.15, 0.2) is 54.6 Å². The summed E-state index contributed by atoms with van der Waals surface area (Å²) >= 11 is 6.18. The summed E-state index contributed by atoms with van der Waals surface area (Å²) in [6, 6.07) is 18.4. The number of carbonyl (C=O) groups excluding carboxylic acids is 1. The molecule has 0 radical (unpaired) electrons. The topological polar surface area (TPSA) is 35.5 Å². The number of esters is 1. The highest BCUT2D eigenvalue weighted by Crippen LogP contribution is 2.41. The smallest absolute Gasteiger partial charge is 0.311 e. The minimum absolute atomic E-state index is 0.146. The fourth-order valence-corrected chi connectivity index (χ4v) is 3.94. The van der Waals surface area contributed by atoms with Gasteiger partial charge in [0.15, 0.2) is 0 Å². The molecule has 0 N–H and O–H groups in total. The average Bonchev–Trinajstić information content (AvgIpc) is 2.69. The zero-order chi connectivity index (χ0) is 23.7. The summed E-state index contributed by atoms with van der Waals surface area (Å²) in [5, 5.41) is 2.97. The van der Waals surface area contributed by atoms with Crippen LogP contribution >= 0.6 is 11.6 Å². The van der Waals surface area contributed by atoms with E-state index in [-0.39, 0.29) is 12.6 Å². The number of rotatable bonds is 5. The SMILES string of the molecule is Cc1cc2ccccc2c(-c2ccc(Cl)cc2)c1[C@@H](COC(=O)C(C)(C)C)OC(C)(C)C. The lowest BCUT2D eigenvalue weighted by atomic mass is 9.87. The molecule has 0 spiro atoms. The van der Waals surface area contributed by atoms with Gasteiger partial charge in [-0.3, -0.25) is 4.79 Å². The molecule has 0 aliphatic heterocycles. The monoisotopic (exact) mass is 452 g/mol. The Morgan fingerprint density at radius 2 is 1.59 bits per heavy atom. The summed E-state index contributed by atoms with van der Waals surface area (Å²) in [6.07, 6.45) is -0.420. The van der Waals surface area contributed by atoms with E-state index >= 15 is 0 Å². The Hall–Kier alpha value is -2.36. The molecular formula is C28H33ClO3. The molecule has 0 saturated heterocycles. The van der Waals surface area contributed by atoms with Crippen LogP contribution in [0.1, 0.15) is 58.8 Å². The lowest BCUT2D eigenvalue weighted by Gasteiger charge is -2.31. The van der Waals surface area contributed by atoms with Gasteiger partial charge in [-0.15, -0.1) is 0 Å². The van der Waals surface area contributed by atoms with Gasteiger partial charge < -0.3 is 9.47 Å². The van der Waals surface area contributed by atoms with Crippen LogP contribution in [0.2, 0.25) is 5.02 Å². The van der Waals surface area contributed by atoms with Crippen molar-refractivity contribution in [2.75, 3.05) is 6.61 Å². The molecule has 3 aromatic carbocycles. The van der Waals surface area contributed by atoms with Crippen molar-refractivity contribution in [2.45, 2.75) is 60.2 Å². The van der Waals surface area contributed by atoms with Gasteiger partial charge in [-0.25, -0.2) is 0 Å². The number of fused-ring (bicyclic) bond motifs is 1. The minimum atomic E-state index is -0.580. The van der Waals surface area contributed by atoms with Crippen molar-refractivity contribution in [3.05, 3.63) is 70.7 Å². The van der Waals surface area contributed by atoms with E-state index in [1.54, 1.807) is 0 Å². The van der Waals surface area contributed by atoms with E-state index in [4.69, 9.17) is 21.1 Å². The van der Waals surface area contributed by atoms with E-state index in [0.717, 1.165) is 33.0 Å². The standard InChI is InChI=1S/C28H33ClO3/c1-18-16-20-10-8-9-11-22(20)25(19-12-14-21(29)15-13-19)24(18)23(32-28(5,6)7)17-31-26(30)27(2,3)4/h8-16,23H,17H2,1-7H3/t23-/m1/s1. The van der Waals surface area contributed by atoms with E-state index in [2.05, 4.69) is 25.1 Å². The van der Waals surface area contributed by atoms with E-state index in [1.807, 2.05) is 77.9 Å². The number of aryl methyl sites for hydroxylation is 1. The zero-order valence-corrected chi connectivity index (χ0v) is 20.8. The maximum absolute atomic E-state index is 12.6. The predicted octanol–water partition coefficient (Wildman–Crippen LogP) is 7.91. The van der Waals surface area contributed by atoms with Crippen LogP contribution < -0.4 is 0 Å². The molecule has 170 valence electrons. The molecular weight excluding hydrogens is 420 g/mol. The molecule has 0 saturated carbocycles. The van der Waals surface area contributed by atoms with Crippen LogP contribution in [0.25, 0.3) is 21.9 Å². The van der Waals surface area contributed by atoms with Gasteiger partial charge in [0, 0.05) is 5.02 Å². The van der Waals surface area contributed by atoms with Gasteiger partial charge in [-0.1, -0.05) is 54.1 Å². The van der Waals surface area contributed by atoms with Gasteiger partial charge in [0.2, 0.25) is 0 Å². The predicted molar refractivity (Wildman–Crippen MR) is 133 cm³/mol. The van der Waals surface area contributed by atoms with E-state index in [9.17, 15) is 4.79 Å². The number of halogens is 1. The molecule has 32 heavy (non-hydrogen) atoms. The number of benzene rings is 3. The van der Waals surface area contributed by atoms with Gasteiger partial charge in [-0.05, 0) is 93.6 Å². The number of hydrogen-bond acceptors (Lipinski definition) is 3. The van der Waals surface area contributed by atoms with Crippen molar-refractivity contribution in [3.63, 3.8) is 0 Å². The van der Waals surface area contributed by atoms with Crippen molar-refractivity contribution < 1.29 is 14.3 Å². The first-order chi connectivity index (χ1) is 14.9. The summed E-state index contributed by atoms with van der Waals surface area (Å²) in [5.74, 6) is -0.244. The molecule has 0 aliphatic rings. The number of hydrogen-bond donors (Lipinski definition) is 0. The lowest BCUT2D eigenvalue weighted by Crippen LogP contribution is -2.30. The largest absolute Gasteiger partial charge is 0.462 e. The summed E-state index contributed by atoms with van der Waals surface area (Å²) in [7, 11) is 0. The Morgan fingerprint density at radius 3 is 2.19 bits per heavy atom. The first-order valence-corrected chi connectivity index (χ1v) is 11.4. The van der Waals surface area contributed by atoms with Crippen LogP contribution in [0, 0.1) is 12.3 Å². The van der Waals surface area contributed by atoms with E-state index in [0.29, 0.717) is 5.02 Å². The first kappa shape index (κ1) is 24.3. The third kappa shape index (κ3) is 5.70. The van der Waals surface area contributed by atoms with Gasteiger partial charge in [0.05, 0.1) is 11.0 Å². The fraction of sp³-hybridized carbons (Fsp3) is 0.393. The van der Waals surface area contributed by atoms with Crippen LogP contribution in [0.5, 0.6) is 0 Å². The number of carbonyl (C=O) groups is 1. The minimum Gasteiger partial charge on any atom is -0.462 e. The van der Waals surface area contributed by atoms with Gasteiger partial charge in [-0.2, -0.15) is 0 Å². The molecule has 0 unspecified atom stereocenters. The highest BCUT2D eigenvalue weighted by Gasteiger charge is 2.30. The van der Waals surface area contributed by atoms with Crippen molar-refractivity contribution >= 4 is 28.3 Å². The summed E-state index contributed by atoms with van der Waals surface area (Å²) in [4.78, 5) is 12.6. The second-order valence-electron chi connectivity index (χ2n) is 10.3. The Morgan fingerprint density at radius 1 is 0.969 bits per heavy atom. The Bertz CT molecular complexity index is 1100. The maximum atomic E-state index is 12.6. The zero-order valence-electron chi connectivity index (χ0n) is 20.1. The highest BCUT2D eigenvalue weighted by molar-refractivity contribution is 6.30. The Balaban J connectivity index is 2.21. The van der Waals surface area contributed by atoms with Gasteiger partial charge >= 0.3 is 5.97 Å². The molecule has 0 aliphatic carbocycles. The Kier molecular flexibility index (Phi) is 7.02. The molecule has 0 bridgehead atoms. The van der Waals surface area contributed by atoms with E-state index in [1.165, 1.54) is 0 Å². The van der Waals surface area contributed by atoms with Crippen molar-refractivity contribution in [1.29, 1.82) is 0 Å². The summed E-state index contributed by atoms with van der Waals surface area (Å²) in [5.41, 5.74) is 3.25. The van der Waals surface area contributed by atoms with Crippen LogP contribution in [0.4, 0.5) is 0 Å². The molecule has 3 nitrogen and oxygen atoms in total. The number of ether oxygens (including phenoxy) is 2. The molecule has 4 heteroatoms. The summed E-state index contributed by atoms with van der Waals surface area (Å²) in [6.45, 7) is 13.9. The van der Waals surface area contributed by atoms with Gasteiger partial charge in [0.25, 0.3) is 0 Å². The van der Waals surface area contributed by atoms with Crippen molar-refractivity contribution in [3.8, 4) is 11.1 Å². The second kappa shape index (κ2) is 9.25. The Labute approximate surface area is 196 Å². The highest BCUT2D eigenvalue weighted by atomic mass is 35.5. The molecule has 3 rings (SSSR count). The van der Waals surface area contributed by atoms with Crippen molar-refractivity contribution in [2.24, 2.45) is 5.41 Å². The normalized spacial score (nSPS) is 13.2. The third-order valence-electron chi connectivity index (χ3n) is 5.23. The van der Waals surface area contributed by atoms with E-state index < -0.39 is 17.1 Å². The second-order valence-corrected chi connectivity index (χ2v) is 10.7. The average molecular weight is 453 g/mol. The van der Waals surface area contributed by atoms with Gasteiger partial charge in [0.1, 0.15) is 12.7 Å².